The molecule has 2 nitrogen and oxygen atoms in total. The van der Waals surface area contributed by atoms with Crippen LogP contribution in [-0.2, 0) is 31.7 Å². The maximum atomic E-state index is 10.5. The van der Waals surface area contributed by atoms with Gasteiger partial charge in [0, 0.05) is 11.8 Å². The molecule has 2 aromatic rings. The van der Waals surface area contributed by atoms with Gasteiger partial charge >= 0.3 is 37.9 Å². The minimum absolute atomic E-state index is 0.0310. The van der Waals surface area contributed by atoms with Crippen LogP contribution in [0.3, 0.4) is 0 Å². The van der Waals surface area contributed by atoms with E-state index in [2.05, 4.69) is 52.6 Å². The van der Waals surface area contributed by atoms with E-state index in [9.17, 15) is 5.11 Å². The van der Waals surface area contributed by atoms with Crippen molar-refractivity contribution in [2.24, 2.45) is 4.99 Å². The molecule has 26 heavy (non-hydrogen) atoms. The van der Waals surface area contributed by atoms with E-state index in [1.807, 2.05) is 36.4 Å². The van der Waals surface area contributed by atoms with Crippen LogP contribution in [0.1, 0.15) is 58.2 Å². The summed E-state index contributed by atoms with van der Waals surface area (Å²) in [6.07, 6.45) is 1.76. The summed E-state index contributed by atoms with van der Waals surface area (Å²) in [5.41, 5.74) is 3.76. The fourth-order valence-corrected chi connectivity index (χ4v) is 2.63. The Hall–Kier alpha value is -0.627. The predicted molar refractivity (Wildman–Crippen MR) is 111 cm³/mol. The molecule has 0 atom stereocenters. The number of rotatable bonds is 2. The molecule has 0 saturated heterocycles. The topological polar surface area (TPSA) is 32.6 Å². The average Bonchev–Trinajstić information content (AvgIpc) is 2.53. The van der Waals surface area contributed by atoms with Crippen LogP contribution in [0, 0.1) is 0 Å². The van der Waals surface area contributed by atoms with E-state index in [0.717, 1.165) is 16.8 Å². The van der Waals surface area contributed by atoms with Gasteiger partial charge < -0.3 is 5.11 Å². The van der Waals surface area contributed by atoms with Crippen LogP contribution in [-0.4, -0.2) is 11.3 Å². The van der Waals surface area contributed by atoms with Crippen LogP contribution >= 0.6 is 17.0 Å². The molecule has 0 radical (unpaired) electrons. The molecule has 0 aromatic heterocycles. The van der Waals surface area contributed by atoms with E-state index in [0.29, 0.717) is 5.75 Å². The standard InChI is InChI=1S/C21H27NO.2ClH.Zr/c1-20(2,3)16-11-7-8-13-18(16)22-14-15-10-9-12-17(19(15)23)21(4,5)6;;;/h7-14,23H,1-6H3;2*1H;/q;;;+2/p-2. The summed E-state index contributed by atoms with van der Waals surface area (Å²) in [4.78, 5) is 4.64. The van der Waals surface area contributed by atoms with Gasteiger partial charge in [-0.25, -0.2) is 0 Å². The van der Waals surface area contributed by atoms with Crippen molar-refractivity contribution in [1.29, 1.82) is 0 Å². The van der Waals surface area contributed by atoms with E-state index in [4.69, 9.17) is 17.0 Å². The molecular weight excluding hydrogens is 444 g/mol. The van der Waals surface area contributed by atoms with Crippen LogP contribution in [0.2, 0.25) is 0 Å². The number of hydrogen-bond donors (Lipinski definition) is 1. The third-order valence-electron chi connectivity index (χ3n) is 3.93. The first kappa shape index (κ1) is 23.4. The average molecular weight is 472 g/mol. The molecule has 0 aliphatic carbocycles. The van der Waals surface area contributed by atoms with Crippen molar-refractivity contribution in [3.05, 3.63) is 59.2 Å². The summed E-state index contributed by atoms with van der Waals surface area (Å²) >= 11 is -0.826. The summed E-state index contributed by atoms with van der Waals surface area (Å²) in [5.74, 6) is 0.317. The van der Waals surface area contributed by atoms with E-state index in [1.165, 1.54) is 5.56 Å². The van der Waals surface area contributed by atoms with Gasteiger partial charge in [0.1, 0.15) is 5.75 Å². The molecule has 0 fully saturated rings. The summed E-state index contributed by atoms with van der Waals surface area (Å²) in [7, 11) is 9.87. The maximum absolute atomic E-state index is 10.5. The number of phenolic OH excluding ortho intramolecular Hbond substituents is 1. The number of aliphatic imine (C=N–C) groups is 1. The number of nitrogens with zero attached hydrogens (tertiary/aromatic N) is 1. The van der Waals surface area contributed by atoms with Crippen molar-refractivity contribution in [2.45, 2.75) is 52.4 Å². The summed E-state index contributed by atoms with van der Waals surface area (Å²) in [6.45, 7) is 12.8. The van der Waals surface area contributed by atoms with Crippen molar-refractivity contribution in [1.82, 2.24) is 0 Å². The van der Waals surface area contributed by atoms with Gasteiger partial charge in [0.15, 0.2) is 0 Å². The molecular formula is C21H27Cl2NOZr. The molecule has 0 bridgehead atoms. The van der Waals surface area contributed by atoms with Gasteiger partial charge in [-0.15, -0.1) is 0 Å². The van der Waals surface area contributed by atoms with Gasteiger partial charge in [0.25, 0.3) is 0 Å². The Balaban J connectivity index is 0.00000105. The van der Waals surface area contributed by atoms with Crippen molar-refractivity contribution in [3.8, 4) is 5.75 Å². The van der Waals surface area contributed by atoms with Crippen LogP contribution < -0.4 is 0 Å². The van der Waals surface area contributed by atoms with Gasteiger partial charge in [-0.05, 0) is 34.1 Å². The van der Waals surface area contributed by atoms with Gasteiger partial charge in [0.2, 0.25) is 0 Å². The second-order valence-electron chi connectivity index (χ2n) is 8.09. The molecule has 0 spiro atoms. The number of hydrogen-bond acceptors (Lipinski definition) is 2. The van der Waals surface area contributed by atoms with Crippen LogP contribution in [0.5, 0.6) is 5.75 Å². The third-order valence-corrected chi connectivity index (χ3v) is 3.93. The van der Waals surface area contributed by atoms with Crippen molar-refractivity contribution < 1.29 is 26.0 Å². The van der Waals surface area contributed by atoms with Gasteiger partial charge in [-0.3, -0.25) is 4.99 Å². The first-order valence-electron chi connectivity index (χ1n) is 8.44. The molecule has 0 aliphatic rings. The summed E-state index contributed by atoms with van der Waals surface area (Å²) < 4.78 is 0. The first-order valence-corrected chi connectivity index (χ1v) is 14.8. The fraction of sp³-hybridized carbons (Fsp3) is 0.381. The predicted octanol–water partition coefficient (Wildman–Crippen LogP) is 7.11. The van der Waals surface area contributed by atoms with Gasteiger partial charge in [-0.1, -0.05) is 71.9 Å². The molecule has 2 rings (SSSR count). The quantitative estimate of drug-likeness (QED) is 0.465. The second-order valence-corrected chi connectivity index (χ2v) is 11.8. The number of phenols is 1. The zero-order chi connectivity index (χ0) is 20.0. The molecule has 0 unspecified atom stereocenters. The molecule has 0 heterocycles. The molecule has 0 amide bonds. The van der Waals surface area contributed by atoms with E-state index in [1.54, 1.807) is 6.21 Å². The van der Waals surface area contributed by atoms with Crippen molar-refractivity contribution in [2.75, 3.05) is 0 Å². The Kier molecular flexibility index (Phi) is 9.06. The number of benzene rings is 2. The Morgan fingerprint density at radius 1 is 0.846 bits per heavy atom. The third kappa shape index (κ3) is 6.83. The zero-order valence-corrected chi connectivity index (χ0v) is 20.2. The monoisotopic (exact) mass is 469 g/mol. The fourth-order valence-electron chi connectivity index (χ4n) is 2.63. The summed E-state index contributed by atoms with van der Waals surface area (Å²) in [5, 5.41) is 10.5. The normalized spacial score (nSPS) is 11.8. The molecule has 1 N–H and O–H groups in total. The zero-order valence-electron chi connectivity index (χ0n) is 16.3. The van der Waals surface area contributed by atoms with E-state index in [-0.39, 0.29) is 10.8 Å². The molecule has 0 aliphatic heterocycles. The van der Waals surface area contributed by atoms with Gasteiger partial charge in [0.05, 0.1) is 5.69 Å². The first-order chi connectivity index (χ1) is 12.0. The summed E-state index contributed by atoms with van der Waals surface area (Å²) in [6, 6.07) is 14.0. The van der Waals surface area contributed by atoms with Crippen LogP contribution in [0.4, 0.5) is 5.69 Å². The Labute approximate surface area is 176 Å². The minimum atomic E-state index is -0.826. The Bertz CT molecular complexity index is 746. The second kappa shape index (κ2) is 10.1. The molecule has 5 heteroatoms. The molecule has 0 saturated carbocycles. The number of aromatic hydroxyl groups is 1. The Morgan fingerprint density at radius 3 is 1.88 bits per heavy atom. The number of para-hydroxylation sites is 2. The molecule has 140 valence electrons. The Morgan fingerprint density at radius 2 is 1.35 bits per heavy atom. The number of halogens is 2. The van der Waals surface area contributed by atoms with Crippen molar-refractivity contribution in [3.63, 3.8) is 0 Å². The SMILES string of the molecule is CC(C)(C)c1ccccc1N=Cc1cccc(C(C)(C)C)c1O.[Cl][Zr][Cl]. The van der Waals surface area contributed by atoms with Crippen LogP contribution in [0.25, 0.3) is 0 Å². The van der Waals surface area contributed by atoms with E-state index >= 15 is 0 Å². The molecule has 2 aromatic carbocycles. The van der Waals surface area contributed by atoms with E-state index < -0.39 is 20.8 Å². The van der Waals surface area contributed by atoms with Gasteiger partial charge in [-0.2, -0.15) is 0 Å². The van der Waals surface area contributed by atoms with Crippen LogP contribution in [0.15, 0.2) is 47.5 Å². The van der Waals surface area contributed by atoms with Crippen molar-refractivity contribution >= 4 is 28.9 Å².